The van der Waals surface area contributed by atoms with Crippen LogP contribution in [0.4, 0.5) is 5.69 Å². The third-order valence-corrected chi connectivity index (χ3v) is 1.95. The van der Waals surface area contributed by atoms with Crippen molar-refractivity contribution in [3.63, 3.8) is 0 Å². The number of aliphatic imine (C=N–C) groups is 2. The van der Waals surface area contributed by atoms with Crippen LogP contribution in [0.25, 0.3) is 0 Å². The van der Waals surface area contributed by atoms with Gasteiger partial charge in [-0.25, -0.2) is 4.99 Å². The van der Waals surface area contributed by atoms with Gasteiger partial charge in [-0.3, -0.25) is 0 Å². The number of methoxy groups -OCH3 is 1. The molecule has 0 saturated carbocycles. The smallest absolute Gasteiger partial charge is 0.223 e. The summed E-state index contributed by atoms with van der Waals surface area (Å²) in [6.45, 7) is 0. The Morgan fingerprint density at radius 1 is 1.31 bits per heavy atom. The van der Waals surface area contributed by atoms with E-state index in [1.54, 1.807) is 18.2 Å². The van der Waals surface area contributed by atoms with Gasteiger partial charge in [-0.2, -0.15) is 4.99 Å². The molecule has 1 aromatic carbocycles. The van der Waals surface area contributed by atoms with Gasteiger partial charge in [0.1, 0.15) is 5.75 Å². The normalized spacial score (nSPS) is 11.0. The number of hydrogen-bond acceptors (Lipinski definition) is 2. The van der Waals surface area contributed by atoms with Gasteiger partial charge in [0.15, 0.2) is 5.96 Å². The molecule has 1 aromatic rings. The van der Waals surface area contributed by atoms with Crippen LogP contribution in [-0.2, 0) is 0 Å². The van der Waals surface area contributed by atoms with E-state index in [1.807, 2.05) is 0 Å². The first kappa shape index (κ1) is 12.1. The maximum absolute atomic E-state index is 5.90. The lowest BCUT2D eigenvalue weighted by molar-refractivity contribution is 0.415. The molecule has 0 unspecified atom stereocenters. The zero-order valence-electron chi connectivity index (χ0n) is 8.64. The topological polar surface area (TPSA) is 112 Å². The second-order valence-electron chi connectivity index (χ2n) is 2.82. The minimum absolute atomic E-state index is 0.0739. The molecular formula is C9H12ClN5O. The zero-order valence-corrected chi connectivity index (χ0v) is 9.40. The van der Waals surface area contributed by atoms with Crippen molar-refractivity contribution in [3.8, 4) is 5.75 Å². The van der Waals surface area contributed by atoms with Crippen LogP contribution in [0.5, 0.6) is 5.75 Å². The van der Waals surface area contributed by atoms with Crippen molar-refractivity contribution in [2.24, 2.45) is 27.2 Å². The van der Waals surface area contributed by atoms with Crippen molar-refractivity contribution in [1.82, 2.24) is 0 Å². The summed E-state index contributed by atoms with van der Waals surface area (Å²) in [5, 5.41) is 0.426. The van der Waals surface area contributed by atoms with Crippen molar-refractivity contribution in [2.75, 3.05) is 7.11 Å². The minimum atomic E-state index is -0.166. The highest BCUT2D eigenvalue weighted by molar-refractivity contribution is 6.33. The molecule has 0 atom stereocenters. The van der Waals surface area contributed by atoms with Crippen molar-refractivity contribution >= 4 is 29.2 Å². The minimum Gasteiger partial charge on any atom is -0.497 e. The Morgan fingerprint density at radius 2 is 2.00 bits per heavy atom. The van der Waals surface area contributed by atoms with Crippen molar-refractivity contribution in [3.05, 3.63) is 23.2 Å². The number of benzene rings is 1. The van der Waals surface area contributed by atoms with E-state index in [2.05, 4.69) is 9.98 Å². The monoisotopic (exact) mass is 241 g/mol. The third kappa shape index (κ3) is 3.32. The summed E-state index contributed by atoms with van der Waals surface area (Å²) in [6.07, 6.45) is 0. The fraction of sp³-hybridized carbons (Fsp3) is 0.111. The molecule has 6 nitrogen and oxygen atoms in total. The fourth-order valence-electron chi connectivity index (χ4n) is 0.986. The van der Waals surface area contributed by atoms with Crippen LogP contribution in [0.2, 0.25) is 5.02 Å². The summed E-state index contributed by atoms with van der Waals surface area (Å²) in [7, 11) is 1.54. The van der Waals surface area contributed by atoms with Crippen LogP contribution in [0.15, 0.2) is 28.2 Å². The molecule has 7 heteroatoms. The molecule has 0 fully saturated rings. The van der Waals surface area contributed by atoms with Crippen molar-refractivity contribution < 1.29 is 4.74 Å². The summed E-state index contributed by atoms with van der Waals surface area (Å²) in [4.78, 5) is 7.51. The van der Waals surface area contributed by atoms with Gasteiger partial charge in [0, 0.05) is 6.07 Å². The number of nitrogens with zero attached hydrogens (tertiary/aromatic N) is 2. The first-order valence-corrected chi connectivity index (χ1v) is 4.68. The second-order valence-corrected chi connectivity index (χ2v) is 3.23. The average Bonchev–Trinajstić information content (AvgIpc) is 2.20. The quantitative estimate of drug-likeness (QED) is 0.519. The van der Waals surface area contributed by atoms with E-state index in [-0.39, 0.29) is 11.9 Å². The molecule has 0 amide bonds. The van der Waals surface area contributed by atoms with E-state index in [0.29, 0.717) is 16.5 Å². The van der Waals surface area contributed by atoms with E-state index in [0.717, 1.165) is 0 Å². The highest BCUT2D eigenvalue weighted by atomic mass is 35.5. The van der Waals surface area contributed by atoms with Gasteiger partial charge in [0.2, 0.25) is 5.96 Å². The Morgan fingerprint density at radius 3 is 2.56 bits per heavy atom. The summed E-state index contributed by atoms with van der Waals surface area (Å²) < 4.78 is 5.02. The van der Waals surface area contributed by atoms with Crippen LogP contribution in [-0.4, -0.2) is 19.0 Å². The predicted molar refractivity (Wildman–Crippen MR) is 65.1 cm³/mol. The Labute approximate surface area is 97.8 Å². The standard InChI is InChI=1S/C9H12ClN5O/c1-16-5-2-3-6(10)7(4-5)14-9(13)15-8(11)12/h2-4H,1H3,(H6,11,12,13,14,15). The molecule has 0 aliphatic heterocycles. The first-order chi connectivity index (χ1) is 7.52. The largest absolute Gasteiger partial charge is 0.497 e. The van der Waals surface area contributed by atoms with Crippen LogP contribution >= 0.6 is 11.6 Å². The molecule has 0 aromatic heterocycles. The van der Waals surface area contributed by atoms with Crippen LogP contribution in [0.3, 0.4) is 0 Å². The van der Waals surface area contributed by atoms with Gasteiger partial charge >= 0.3 is 0 Å². The lowest BCUT2D eigenvalue weighted by atomic mass is 10.3. The molecule has 0 spiro atoms. The Kier molecular flexibility index (Phi) is 3.96. The molecule has 0 saturated heterocycles. The Bertz CT molecular complexity index is 440. The number of rotatable bonds is 2. The summed E-state index contributed by atoms with van der Waals surface area (Å²) in [5.41, 5.74) is 16.2. The van der Waals surface area contributed by atoms with E-state index >= 15 is 0 Å². The van der Waals surface area contributed by atoms with E-state index in [9.17, 15) is 0 Å². The van der Waals surface area contributed by atoms with Crippen molar-refractivity contribution in [1.29, 1.82) is 0 Å². The maximum Gasteiger partial charge on any atom is 0.223 e. The van der Waals surface area contributed by atoms with Crippen LogP contribution in [0.1, 0.15) is 0 Å². The van der Waals surface area contributed by atoms with Gasteiger partial charge in [0.05, 0.1) is 17.8 Å². The molecule has 6 N–H and O–H groups in total. The predicted octanol–water partition coefficient (Wildman–Crippen LogP) is 0.568. The molecule has 1 rings (SSSR count). The van der Waals surface area contributed by atoms with Gasteiger partial charge in [-0.05, 0) is 12.1 Å². The number of nitrogens with two attached hydrogens (primary N) is 3. The number of hydrogen-bond donors (Lipinski definition) is 3. The molecule has 0 heterocycles. The van der Waals surface area contributed by atoms with Gasteiger partial charge < -0.3 is 21.9 Å². The van der Waals surface area contributed by atoms with E-state index in [1.165, 1.54) is 7.11 Å². The van der Waals surface area contributed by atoms with Crippen LogP contribution in [0, 0.1) is 0 Å². The van der Waals surface area contributed by atoms with Gasteiger partial charge in [0.25, 0.3) is 0 Å². The molecule has 0 radical (unpaired) electrons. The number of halogens is 1. The molecule has 86 valence electrons. The summed E-state index contributed by atoms with van der Waals surface area (Å²) >= 11 is 5.90. The second kappa shape index (κ2) is 5.22. The lowest BCUT2D eigenvalue weighted by Crippen LogP contribution is -2.26. The zero-order chi connectivity index (χ0) is 12.1. The first-order valence-electron chi connectivity index (χ1n) is 4.30. The molecule has 0 aliphatic carbocycles. The van der Waals surface area contributed by atoms with Crippen molar-refractivity contribution in [2.45, 2.75) is 0 Å². The SMILES string of the molecule is COc1ccc(Cl)c(N=C(N)N=C(N)N)c1. The highest BCUT2D eigenvalue weighted by Crippen LogP contribution is 2.29. The fourth-order valence-corrected chi connectivity index (χ4v) is 1.15. The molecule has 0 aliphatic rings. The van der Waals surface area contributed by atoms with Gasteiger partial charge in [-0.1, -0.05) is 11.6 Å². The Hall–Kier alpha value is -1.95. The molecular weight excluding hydrogens is 230 g/mol. The Balaban J connectivity index is 3.08. The lowest BCUT2D eigenvalue weighted by Gasteiger charge is -2.03. The van der Waals surface area contributed by atoms with Gasteiger partial charge in [-0.15, -0.1) is 0 Å². The number of ether oxygens (including phenoxy) is 1. The van der Waals surface area contributed by atoms with Crippen LogP contribution < -0.4 is 21.9 Å². The number of guanidine groups is 2. The highest BCUT2D eigenvalue weighted by Gasteiger charge is 2.02. The maximum atomic E-state index is 5.90. The van der Waals surface area contributed by atoms with E-state index < -0.39 is 0 Å². The summed E-state index contributed by atoms with van der Waals surface area (Å²) in [5.74, 6) is 0.371. The van der Waals surface area contributed by atoms with E-state index in [4.69, 9.17) is 33.5 Å². The average molecular weight is 242 g/mol. The third-order valence-electron chi connectivity index (χ3n) is 1.63. The summed E-state index contributed by atoms with van der Waals surface area (Å²) in [6, 6.07) is 4.97. The molecule has 16 heavy (non-hydrogen) atoms. The molecule has 0 bridgehead atoms.